The molecule has 0 spiro atoms. The molecule has 1 N–H and O–H groups in total. The molecule has 2 heterocycles. The quantitative estimate of drug-likeness (QED) is 0.736. The van der Waals surface area contributed by atoms with Crippen molar-refractivity contribution in [2.24, 2.45) is 0 Å². The molecule has 0 saturated carbocycles. The third kappa shape index (κ3) is 1.65. The van der Waals surface area contributed by atoms with Crippen LogP contribution in [0.2, 0.25) is 0 Å². The number of hydrogen-bond acceptors (Lipinski definition) is 4. The first-order chi connectivity index (χ1) is 7.11. The van der Waals surface area contributed by atoms with Crippen molar-refractivity contribution in [2.45, 2.75) is 20.3 Å². The standard InChI is InChI=1S/C10H14N4O/c1-4-7-11-6(2)9-10(12-7)14(3)5-8(15)13-9/h4-5H2,1-3H3,(H,13,15). The van der Waals surface area contributed by atoms with E-state index in [2.05, 4.69) is 15.3 Å². The van der Waals surface area contributed by atoms with Crippen LogP contribution in [0.1, 0.15) is 18.4 Å². The summed E-state index contributed by atoms with van der Waals surface area (Å²) in [5, 5.41) is 2.80. The minimum Gasteiger partial charge on any atom is -0.349 e. The van der Waals surface area contributed by atoms with Crippen LogP contribution in [0.15, 0.2) is 0 Å². The molecule has 0 atom stereocenters. The largest absolute Gasteiger partial charge is 0.349 e. The van der Waals surface area contributed by atoms with Crippen LogP contribution in [0.25, 0.3) is 0 Å². The molecular formula is C10H14N4O. The minimum atomic E-state index is -0.0130. The molecule has 1 aliphatic rings. The van der Waals surface area contributed by atoms with Crippen LogP contribution >= 0.6 is 0 Å². The lowest BCUT2D eigenvalue weighted by Gasteiger charge is -2.27. The zero-order valence-corrected chi connectivity index (χ0v) is 9.16. The highest BCUT2D eigenvalue weighted by Gasteiger charge is 2.23. The average molecular weight is 206 g/mol. The van der Waals surface area contributed by atoms with Gasteiger partial charge < -0.3 is 10.2 Å². The Morgan fingerprint density at radius 1 is 1.47 bits per heavy atom. The Morgan fingerprint density at radius 3 is 2.87 bits per heavy atom. The molecule has 0 unspecified atom stereocenters. The fraction of sp³-hybridized carbons (Fsp3) is 0.500. The molecule has 80 valence electrons. The first-order valence-electron chi connectivity index (χ1n) is 5.00. The van der Waals surface area contributed by atoms with Crippen LogP contribution in [0.3, 0.4) is 0 Å². The van der Waals surface area contributed by atoms with Crippen molar-refractivity contribution >= 4 is 17.4 Å². The van der Waals surface area contributed by atoms with Crippen molar-refractivity contribution in [3.63, 3.8) is 0 Å². The van der Waals surface area contributed by atoms with E-state index in [1.165, 1.54) is 0 Å². The van der Waals surface area contributed by atoms with Gasteiger partial charge in [-0.05, 0) is 6.92 Å². The summed E-state index contributed by atoms with van der Waals surface area (Å²) in [6, 6.07) is 0. The summed E-state index contributed by atoms with van der Waals surface area (Å²) in [6.45, 7) is 4.26. The number of fused-ring (bicyclic) bond motifs is 1. The molecule has 1 aromatic heterocycles. The molecule has 2 rings (SSSR count). The van der Waals surface area contributed by atoms with E-state index in [9.17, 15) is 4.79 Å². The van der Waals surface area contributed by atoms with E-state index in [-0.39, 0.29) is 5.91 Å². The Labute approximate surface area is 88.5 Å². The summed E-state index contributed by atoms with van der Waals surface area (Å²) in [7, 11) is 1.86. The average Bonchev–Trinajstić information content (AvgIpc) is 2.19. The molecule has 0 aromatic carbocycles. The lowest BCUT2D eigenvalue weighted by Crippen LogP contribution is -2.37. The number of aryl methyl sites for hydroxylation is 2. The Hall–Kier alpha value is -1.65. The van der Waals surface area contributed by atoms with Crippen molar-refractivity contribution < 1.29 is 4.79 Å². The second kappa shape index (κ2) is 3.49. The highest BCUT2D eigenvalue weighted by Crippen LogP contribution is 2.28. The zero-order valence-electron chi connectivity index (χ0n) is 9.16. The summed E-state index contributed by atoms with van der Waals surface area (Å²) in [5.74, 6) is 1.62. The highest BCUT2D eigenvalue weighted by molar-refractivity contribution is 6.00. The van der Waals surface area contributed by atoms with Gasteiger partial charge in [0, 0.05) is 13.5 Å². The van der Waals surface area contributed by atoms with Gasteiger partial charge in [0.2, 0.25) is 5.91 Å². The van der Waals surface area contributed by atoms with Gasteiger partial charge in [-0.2, -0.15) is 0 Å². The van der Waals surface area contributed by atoms with Crippen LogP contribution in [0.4, 0.5) is 11.5 Å². The Kier molecular flexibility index (Phi) is 2.30. The number of anilines is 2. The van der Waals surface area contributed by atoms with Gasteiger partial charge in [0.25, 0.3) is 0 Å². The van der Waals surface area contributed by atoms with Crippen molar-refractivity contribution in [1.29, 1.82) is 0 Å². The number of carbonyl (C=O) groups is 1. The van der Waals surface area contributed by atoms with E-state index >= 15 is 0 Å². The van der Waals surface area contributed by atoms with Crippen LogP contribution in [0, 0.1) is 6.92 Å². The predicted molar refractivity (Wildman–Crippen MR) is 58.0 cm³/mol. The molecule has 0 bridgehead atoms. The van der Waals surface area contributed by atoms with Gasteiger partial charge in [-0.3, -0.25) is 4.79 Å². The van der Waals surface area contributed by atoms with Gasteiger partial charge in [0.15, 0.2) is 5.82 Å². The molecule has 5 heteroatoms. The third-order valence-electron chi connectivity index (χ3n) is 2.44. The number of amides is 1. The van der Waals surface area contributed by atoms with Gasteiger partial charge >= 0.3 is 0 Å². The van der Waals surface area contributed by atoms with Crippen LogP contribution in [0.5, 0.6) is 0 Å². The first kappa shape index (κ1) is 9.89. The van der Waals surface area contributed by atoms with E-state index in [1.54, 1.807) is 0 Å². The maximum atomic E-state index is 11.3. The van der Waals surface area contributed by atoms with E-state index in [4.69, 9.17) is 0 Å². The molecule has 15 heavy (non-hydrogen) atoms. The lowest BCUT2D eigenvalue weighted by atomic mass is 10.2. The summed E-state index contributed by atoms with van der Waals surface area (Å²) in [4.78, 5) is 21.9. The Bertz CT molecular complexity index is 416. The lowest BCUT2D eigenvalue weighted by molar-refractivity contribution is -0.115. The maximum absolute atomic E-state index is 11.3. The summed E-state index contributed by atoms with van der Waals surface area (Å²) < 4.78 is 0. The van der Waals surface area contributed by atoms with Crippen molar-refractivity contribution in [1.82, 2.24) is 9.97 Å². The number of likely N-dealkylation sites (N-methyl/N-ethyl adjacent to an activating group) is 1. The molecule has 1 amide bonds. The maximum Gasteiger partial charge on any atom is 0.244 e. The van der Waals surface area contributed by atoms with Crippen LogP contribution in [-0.4, -0.2) is 29.5 Å². The summed E-state index contributed by atoms with van der Waals surface area (Å²) in [6.07, 6.45) is 0.801. The molecule has 5 nitrogen and oxygen atoms in total. The van der Waals surface area contributed by atoms with Gasteiger partial charge in [-0.15, -0.1) is 0 Å². The number of nitrogens with zero attached hydrogens (tertiary/aromatic N) is 3. The summed E-state index contributed by atoms with van der Waals surface area (Å²) in [5.41, 5.74) is 1.57. The number of aromatic nitrogens is 2. The molecule has 0 saturated heterocycles. The predicted octanol–water partition coefficient (Wildman–Crippen LogP) is 0.736. The molecule has 0 radical (unpaired) electrons. The fourth-order valence-electron chi connectivity index (χ4n) is 1.66. The number of carbonyl (C=O) groups excluding carboxylic acids is 1. The molecule has 1 aromatic rings. The van der Waals surface area contributed by atoms with Crippen LogP contribution < -0.4 is 10.2 Å². The third-order valence-corrected chi connectivity index (χ3v) is 2.44. The first-order valence-corrected chi connectivity index (χ1v) is 5.00. The van der Waals surface area contributed by atoms with Gasteiger partial charge in [-0.1, -0.05) is 6.92 Å². The normalized spacial score (nSPS) is 14.9. The Balaban J connectivity index is 2.54. The molecule has 1 aliphatic heterocycles. The van der Waals surface area contributed by atoms with Gasteiger partial charge in [0.1, 0.15) is 11.5 Å². The minimum absolute atomic E-state index is 0.0130. The number of rotatable bonds is 1. The number of hydrogen-bond donors (Lipinski definition) is 1. The molecular weight excluding hydrogens is 192 g/mol. The van der Waals surface area contributed by atoms with Crippen molar-refractivity contribution in [3.8, 4) is 0 Å². The number of nitrogens with one attached hydrogen (secondary N) is 1. The van der Waals surface area contributed by atoms with Crippen molar-refractivity contribution in [2.75, 3.05) is 23.8 Å². The SMILES string of the molecule is CCc1nc(C)c2c(n1)N(C)CC(=O)N2. The van der Waals surface area contributed by atoms with E-state index in [0.29, 0.717) is 6.54 Å². The summed E-state index contributed by atoms with van der Waals surface area (Å²) >= 11 is 0. The Morgan fingerprint density at radius 2 is 2.20 bits per heavy atom. The monoisotopic (exact) mass is 206 g/mol. The highest BCUT2D eigenvalue weighted by atomic mass is 16.2. The van der Waals surface area contributed by atoms with Gasteiger partial charge in [0.05, 0.1) is 12.2 Å². The molecule has 0 fully saturated rings. The topological polar surface area (TPSA) is 58.1 Å². The van der Waals surface area contributed by atoms with E-state index in [0.717, 1.165) is 29.4 Å². The van der Waals surface area contributed by atoms with E-state index in [1.807, 2.05) is 25.8 Å². The van der Waals surface area contributed by atoms with E-state index < -0.39 is 0 Å². The second-order valence-corrected chi connectivity index (χ2v) is 3.68. The van der Waals surface area contributed by atoms with Crippen LogP contribution in [-0.2, 0) is 11.2 Å². The van der Waals surface area contributed by atoms with Gasteiger partial charge in [-0.25, -0.2) is 9.97 Å². The van der Waals surface area contributed by atoms with Crippen molar-refractivity contribution in [3.05, 3.63) is 11.5 Å². The molecule has 0 aliphatic carbocycles. The smallest absolute Gasteiger partial charge is 0.244 e. The zero-order chi connectivity index (χ0) is 11.0. The fourth-order valence-corrected chi connectivity index (χ4v) is 1.66. The second-order valence-electron chi connectivity index (χ2n) is 3.68.